The van der Waals surface area contributed by atoms with Crippen molar-refractivity contribution >= 4 is 0 Å². The summed E-state index contributed by atoms with van der Waals surface area (Å²) < 4.78 is 24.8. The number of benzene rings is 1. The number of hydrogen-bond donors (Lipinski definition) is 1. The Morgan fingerprint density at radius 3 is 2.89 bits per heavy atom. The molecule has 1 saturated carbocycles. The smallest absolute Gasteiger partial charge is 0.127 e. The van der Waals surface area contributed by atoms with Gasteiger partial charge in [0, 0.05) is 44.0 Å². The predicted octanol–water partition coefficient (Wildman–Crippen LogP) is 2.81. The van der Waals surface area contributed by atoms with Crippen molar-refractivity contribution in [2.75, 3.05) is 13.7 Å². The summed E-state index contributed by atoms with van der Waals surface area (Å²) in [5.74, 6) is 0.445. The van der Waals surface area contributed by atoms with Gasteiger partial charge in [-0.1, -0.05) is 13.0 Å². The first-order chi connectivity index (χ1) is 9.15. The van der Waals surface area contributed by atoms with Crippen molar-refractivity contribution in [1.82, 2.24) is 5.32 Å². The van der Waals surface area contributed by atoms with Crippen LogP contribution in [-0.2, 0) is 4.74 Å². The van der Waals surface area contributed by atoms with Gasteiger partial charge in [-0.2, -0.15) is 0 Å². The lowest BCUT2D eigenvalue weighted by atomic mass is 9.71. The third-order valence-electron chi connectivity index (χ3n) is 4.24. The second kappa shape index (κ2) is 4.76. The van der Waals surface area contributed by atoms with Crippen molar-refractivity contribution < 1.29 is 13.9 Å². The van der Waals surface area contributed by atoms with E-state index >= 15 is 0 Å². The van der Waals surface area contributed by atoms with E-state index < -0.39 is 0 Å². The second-order valence-electron chi connectivity index (χ2n) is 5.55. The first kappa shape index (κ1) is 12.9. The fourth-order valence-electron chi connectivity index (χ4n) is 3.26. The zero-order valence-corrected chi connectivity index (χ0v) is 11.4. The van der Waals surface area contributed by atoms with Crippen LogP contribution in [0.3, 0.4) is 0 Å². The van der Waals surface area contributed by atoms with Crippen LogP contribution in [0, 0.1) is 5.82 Å². The van der Waals surface area contributed by atoms with Gasteiger partial charge in [-0.15, -0.1) is 0 Å². The van der Waals surface area contributed by atoms with E-state index in [2.05, 4.69) is 12.2 Å². The van der Waals surface area contributed by atoms with Gasteiger partial charge in [0.05, 0.1) is 6.10 Å². The highest BCUT2D eigenvalue weighted by molar-refractivity contribution is 5.40. The standard InChI is InChI=1S/C15H20FNO2/c1-3-17-13-9-15(7-11(8-15)18-2)19-14-6-10(16)4-5-12(13)14/h4-6,11,13,17H,3,7-9H2,1-2H3. The van der Waals surface area contributed by atoms with E-state index in [-0.39, 0.29) is 23.6 Å². The summed E-state index contributed by atoms with van der Waals surface area (Å²) in [6.45, 7) is 2.98. The molecule has 3 rings (SSSR count). The molecule has 2 aliphatic rings. The number of methoxy groups -OCH3 is 1. The summed E-state index contributed by atoms with van der Waals surface area (Å²) in [5.41, 5.74) is 0.892. The van der Waals surface area contributed by atoms with E-state index in [1.807, 2.05) is 6.07 Å². The van der Waals surface area contributed by atoms with Gasteiger partial charge in [-0.05, 0) is 12.6 Å². The van der Waals surface area contributed by atoms with E-state index in [0.717, 1.165) is 31.4 Å². The maximum absolute atomic E-state index is 13.4. The number of nitrogens with one attached hydrogen (secondary N) is 1. The van der Waals surface area contributed by atoms with Gasteiger partial charge in [0.2, 0.25) is 0 Å². The summed E-state index contributed by atoms with van der Waals surface area (Å²) in [4.78, 5) is 0. The maximum Gasteiger partial charge on any atom is 0.127 e. The summed E-state index contributed by atoms with van der Waals surface area (Å²) in [5, 5.41) is 3.47. The molecular weight excluding hydrogens is 245 g/mol. The lowest BCUT2D eigenvalue weighted by Crippen LogP contribution is -2.56. The molecule has 4 heteroatoms. The van der Waals surface area contributed by atoms with Crippen LogP contribution in [0.2, 0.25) is 0 Å². The Kier molecular flexibility index (Phi) is 3.23. The van der Waals surface area contributed by atoms with Gasteiger partial charge in [-0.3, -0.25) is 0 Å². The molecule has 0 amide bonds. The Bertz CT molecular complexity index is 471. The number of halogens is 1. The minimum Gasteiger partial charge on any atom is -0.487 e. The van der Waals surface area contributed by atoms with Gasteiger partial charge in [0.1, 0.15) is 17.2 Å². The average Bonchev–Trinajstić information content (AvgIpc) is 2.35. The largest absolute Gasteiger partial charge is 0.487 e. The Hall–Kier alpha value is -1.13. The molecule has 0 saturated heterocycles. The highest BCUT2D eigenvalue weighted by Crippen LogP contribution is 2.49. The maximum atomic E-state index is 13.4. The molecule has 1 atom stereocenters. The zero-order valence-electron chi connectivity index (χ0n) is 11.4. The Morgan fingerprint density at radius 1 is 1.42 bits per heavy atom. The van der Waals surface area contributed by atoms with Gasteiger partial charge in [-0.25, -0.2) is 4.39 Å². The zero-order chi connectivity index (χ0) is 13.5. The molecule has 1 heterocycles. The number of ether oxygens (including phenoxy) is 2. The van der Waals surface area contributed by atoms with E-state index in [4.69, 9.17) is 9.47 Å². The summed E-state index contributed by atoms with van der Waals surface area (Å²) >= 11 is 0. The summed E-state index contributed by atoms with van der Waals surface area (Å²) in [6.07, 6.45) is 2.99. The van der Waals surface area contributed by atoms with Crippen LogP contribution in [0.25, 0.3) is 0 Å². The molecule has 0 bridgehead atoms. The van der Waals surface area contributed by atoms with Crippen LogP contribution >= 0.6 is 0 Å². The van der Waals surface area contributed by atoms with Crippen molar-refractivity contribution in [2.24, 2.45) is 0 Å². The fourth-order valence-corrected chi connectivity index (χ4v) is 3.26. The van der Waals surface area contributed by atoms with Crippen LogP contribution in [0.5, 0.6) is 5.75 Å². The highest BCUT2D eigenvalue weighted by atomic mass is 19.1. The van der Waals surface area contributed by atoms with Crippen molar-refractivity contribution in [1.29, 1.82) is 0 Å². The quantitative estimate of drug-likeness (QED) is 0.911. The van der Waals surface area contributed by atoms with Crippen molar-refractivity contribution in [3.05, 3.63) is 29.6 Å². The Labute approximate surface area is 113 Å². The molecule has 1 spiro atoms. The van der Waals surface area contributed by atoms with Crippen molar-refractivity contribution in [2.45, 2.75) is 43.9 Å². The minimum atomic E-state index is -0.242. The number of rotatable bonds is 3. The molecule has 104 valence electrons. The Balaban J connectivity index is 1.88. The SMILES string of the molecule is CCNC1CC2(CC(OC)C2)Oc2cc(F)ccc21. The van der Waals surface area contributed by atoms with Crippen LogP contribution in [-0.4, -0.2) is 25.4 Å². The highest BCUT2D eigenvalue weighted by Gasteiger charge is 2.51. The monoisotopic (exact) mass is 265 g/mol. The molecule has 0 radical (unpaired) electrons. The Morgan fingerprint density at radius 2 is 2.21 bits per heavy atom. The van der Waals surface area contributed by atoms with Crippen molar-refractivity contribution in [3.8, 4) is 5.75 Å². The van der Waals surface area contributed by atoms with Gasteiger partial charge in [0.25, 0.3) is 0 Å². The van der Waals surface area contributed by atoms with E-state index in [1.165, 1.54) is 12.1 Å². The topological polar surface area (TPSA) is 30.5 Å². The molecule has 1 aliphatic carbocycles. The fraction of sp³-hybridized carbons (Fsp3) is 0.600. The molecule has 0 aromatic heterocycles. The lowest BCUT2D eigenvalue weighted by Gasteiger charge is -2.51. The predicted molar refractivity (Wildman–Crippen MR) is 70.8 cm³/mol. The molecule has 1 unspecified atom stereocenters. The summed E-state index contributed by atoms with van der Waals surface area (Å²) in [6, 6.07) is 5.08. The average molecular weight is 265 g/mol. The molecule has 1 aromatic carbocycles. The van der Waals surface area contributed by atoms with Crippen LogP contribution in [0.1, 0.15) is 37.8 Å². The molecule has 1 aliphatic heterocycles. The molecule has 3 nitrogen and oxygen atoms in total. The normalized spacial score (nSPS) is 32.6. The molecule has 1 aromatic rings. The van der Waals surface area contributed by atoms with E-state index in [9.17, 15) is 4.39 Å². The lowest BCUT2D eigenvalue weighted by molar-refractivity contribution is -0.126. The van der Waals surface area contributed by atoms with E-state index in [0.29, 0.717) is 5.75 Å². The number of hydrogen-bond acceptors (Lipinski definition) is 3. The molecule has 1 fully saturated rings. The molecule has 19 heavy (non-hydrogen) atoms. The minimum absolute atomic E-state index is 0.172. The summed E-state index contributed by atoms with van der Waals surface area (Å²) in [7, 11) is 1.73. The van der Waals surface area contributed by atoms with Crippen molar-refractivity contribution in [3.63, 3.8) is 0 Å². The molecule has 1 N–H and O–H groups in total. The number of fused-ring (bicyclic) bond motifs is 1. The van der Waals surface area contributed by atoms with E-state index in [1.54, 1.807) is 7.11 Å². The van der Waals surface area contributed by atoms with Gasteiger partial charge in [0.15, 0.2) is 0 Å². The van der Waals surface area contributed by atoms with Gasteiger partial charge >= 0.3 is 0 Å². The van der Waals surface area contributed by atoms with Crippen LogP contribution in [0.4, 0.5) is 4.39 Å². The first-order valence-electron chi connectivity index (χ1n) is 6.90. The van der Waals surface area contributed by atoms with Crippen LogP contribution in [0.15, 0.2) is 18.2 Å². The third kappa shape index (κ3) is 2.23. The van der Waals surface area contributed by atoms with Crippen LogP contribution < -0.4 is 10.1 Å². The molecular formula is C15H20FNO2. The first-order valence-corrected chi connectivity index (χ1v) is 6.90. The third-order valence-corrected chi connectivity index (χ3v) is 4.24. The van der Waals surface area contributed by atoms with Gasteiger partial charge < -0.3 is 14.8 Å². The second-order valence-corrected chi connectivity index (χ2v) is 5.55.